The second-order valence-corrected chi connectivity index (χ2v) is 4.69. The van der Waals surface area contributed by atoms with Gasteiger partial charge in [-0.2, -0.15) is 0 Å². The van der Waals surface area contributed by atoms with E-state index in [2.05, 4.69) is 10.1 Å². The molecule has 0 spiro atoms. The Morgan fingerprint density at radius 3 is 2.62 bits per heavy atom. The Morgan fingerprint density at radius 1 is 1.38 bits per heavy atom. The average molecular weight is 296 g/mol. The van der Waals surface area contributed by atoms with Crippen molar-refractivity contribution >= 4 is 11.9 Å². The molecule has 0 saturated heterocycles. The van der Waals surface area contributed by atoms with E-state index >= 15 is 0 Å². The topological polar surface area (TPSA) is 58.6 Å². The minimum atomic E-state index is -0.699. The van der Waals surface area contributed by atoms with Gasteiger partial charge in [0, 0.05) is 13.6 Å². The van der Waals surface area contributed by atoms with Gasteiger partial charge in [-0.3, -0.25) is 9.69 Å². The van der Waals surface area contributed by atoms with Crippen LogP contribution in [0.3, 0.4) is 0 Å². The third-order valence-corrected chi connectivity index (χ3v) is 3.03. The summed E-state index contributed by atoms with van der Waals surface area (Å²) in [4.78, 5) is 24.7. The van der Waals surface area contributed by atoms with Gasteiger partial charge >= 0.3 is 5.97 Å². The Hall–Kier alpha value is -1.95. The summed E-state index contributed by atoms with van der Waals surface area (Å²) in [7, 11) is 2.79. The zero-order valence-corrected chi connectivity index (χ0v) is 12.6. The van der Waals surface area contributed by atoms with Crippen molar-refractivity contribution < 1.29 is 18.7 Å². The number of methoxy groups -OCH3 is 1. The normalized spacial score (nSPS) is 10.5. The maximum absolute atomic E-state index is 13.9. The van der Waals surface area contributed by atoms with Gasteiger partial charge in [0.2, 0.25) is 5.91 Å². The van der Waals surface area contributed by atoms with E-state index in [1.54, 1.807) is 13.1 Å². The van der Waals surface area contributed by atoms with Crippen LogP contribution in [0.1, 0.15) is 29.3 Å². The molecule has 0 radical (unpaired) electrons. The van der Waals surface area contributed by atoms with Gasteiger partial charge in [-0.15, -0.1) is 0 Å². The van der Waals surface area contributed by atoms with Crippen LogP contribution in [-0.2, 0) is 16.1 Å². The molecule has 0 bridgehead atoms. The number of hydrogen-bond acceptors (Lipinski definition) is 4. The van der Waals surface area contributed by atoms with Gasteiger partial charge in [-0.25, -0.2) is 9.18 Å². The van der Waals surface area contributed by atoms with Gasteiger partial charge < -0.3 is 10.1 Å². The molecule has 1 rings (SSSR count). The second-order valence-electron chi connectivity index (χ2n) is 4.69. The molecule has 0 aliphatic rings. The Kier molecular flexibility index (Phi) is 6.81. The summed E-state index contributed by atoms with van der Waals surface area (Å²) >= 11 is 0. The molecule has 0 fully saturated rings. The number of carbonyl (C=O) groups excluding carboxylic acids is 2. The molecule has 1 aromatic rings. The average Bonchev–Trinajstić information content (AvgIpc) is 2.46. The van der Waals surface area contributed by atoms with E-state index in [-0.39, 0.29) is 18.0 Å². The first-order valence-electron chi connectivity index (χ1n) is 6.81. The molecule has 0 aliphatic carbocycles. The largest absolute Gasteiger partial charge is 0.465 e. The highest BCUT2D eigenvalue weighted by atomic mass is 19.1. The van der Waals surface area contributed by atoms with Gasteiger partial charge in [0.1, 0.15) is 5.82 Å². The summed E-state index contributed by atoms with van der Waals surface area (Å²) < 4.78 is 18.4. The van der Waals surface area contributed by atoms with Crippen molar-refractivity contribution in [1.82, 2.24) is 10.2 Å². The molecule has 0 heterocycles. The van der Waals surface area contributed by atoms with Crippen LogP contribution in [0.15, 0.2) is 18.2 Å². The highest BCUT2D eigenvalue weighted by molar-refractivity contribution is 5.89. The van der Waals surface area contributed by atoms with Crippen LogP contribution in [0.5, 0.6) is 0 Å². The molecule has 0 unspecified atom stereocenters. The first-order valence-corrected chi connectivity index (χ1v) is 6.81. The lowest BCUT2D eigenvalue weighted by Crippen LogP contribution is -2.35. The fourth-order valence-corrected chi connectivity index (χ4v) is 2.00. The molecule has 1 amide bonds. The van der Waals surface area contributed by atoms with Gasteiger partial charge in [-0.1, -0.05) is 13.0 Å². The summed E-state index contributed by atoms with van der Waals surface area (Å²) in [5.74, 6) is -1.40. The smallest absolute Gasteiger partial charge is 0.340 e. The van der Waals surface area contributed by atoms with Crippen molar-refractivity contribution in [2.24, 2.45) is 0 Å². The van der Waals surface area contributed by atoms with E-state index in [4.69, 9.17) is 0 Å². The molecule has 1 N–H and O–H groups in total. The van der Waals surface area contributed by atoms with Crippen LogP contribution < -0.4 is 5.32 Å². The van der Waals surface area contributed by atoms with Crippen LogP contribution >= 0.6 is 0 Å². The predicted octanol–water partition coefficient (Wildman–Crippen LogP) is 1.57. The standard InChI is InChI=1S/C15H21FN2O3/c1-4-7-18(10-14(19)17-2)9-11-5-6-12(13(16)8-11)15(20)21-3/h5-6,8H,4,7,9-10H2,1-3H3,(H,17,19). The molecule has 1 aromatic carbocycles. The van der Waals surface area contributed by atoms with Crippen molar-refractivity contribution in [3.63, 3.8) is 0 Å². The van der Waals surface area contributed by atoms with Gasteiger partial charge in [0.25, 0.3) is 0 Å². The van der Waals surface area contributed by atoms with Crippen molar-refractivity contribution in [1.29, 1.82) is 0 Å². The first kappa shape index (κ1) is 17.1. The van der Waals surface area contributed by atoms with Gasteiger partial charge in [0.05, 0.1) is 19.2 Å². The van der Waals surface area contributed by atoms with E-state index in [0.717, 1.165) is 13.0 Å². The molecule has 5 nitrogen and oxygen atoms in total. The fourth-order valence-electron chi connectivity index (χ4n) is 2.00. The lowest BCUT2D eigenvalue weighted by atomic mass is 10.1. The summed E-state index contributed by atoms with van der Waals surface area (Å²) in [5, 5.41) is 2.57. The number of carbonyl (C=O) groups is 2. The van der Waals surface area contributed by atoms with Crippen LogP contribution in [0, 0.1) is 5.82 Å². The second kappa shape index (κ2) is 8.36. The summed E-state index contributed by atoms with van der Waals surface area (Å²) in [6.45, 7) is 3.44. The minimum Gasteiger partial charge on any atom is -0.465 e. The fraction of sp³-hybridized carbons (Fsp3) is 0.467. The maximum atomic E-state index is 13.9. The van der Waals surface area contributed by atoms with Crippen LogP contribution in [0.25, 0.3) is 0 Å². The number of likely N-dealkylation sites (N-methyl/N-ethyl adjacent to an activating group) is 1. The maximum Gasteiger partial charge on any atom is 0.340 e. The van der Waals surface area contributed by atoms with Crippen LogP contribution in [-0.4, -0.2) is 44.0 Å². The quantitative estimate of drug-likeness (QED) is 0.776. The third-order valence-electron chi connectivity index (χ3n) is 3.03. The Labute approximate surface area is 124 Å². The molecule has 6 heteroatoms. The lowest BCUT2D eigenvalue weighted by Gasteiger charge is -2.21. The van der Waals surface area contributed by atoms with Crippen molar-refractivity contribution in [3.05, 3.63) is 35.1 Å². The van der Waals surface area contributed by atoms with Gasteiger partial charge in [-0.05, 0) is 30.7 Å². The van der Waals surface area contributed by atoms with E-state index in [1.807, 2.05) is 11.8 Å². The minimum absolute atomic E-state index is 0.0879. The third kappa shape index (κ3) is 5.15. The summed E-state index contributed by atoms with van der Waals surface area (Å²) in [5.41, 5.74) is 0.618. The molecule has 116 valence electrons. The number of nitrogens with one attached hydrogen (secondary N) is 1. The SMILES string of the molecule is CCCN(CC(=O)NC)Cc1ccc(C(=O)OC)c(F)c1. The van der Waals surface area contributed by atoms with Crippen molar-refractivity contribution in [2.45, 2.75) is 19.9 Å². The summed E-state index contributed by atoms with van der Waals surface area (Å²) in [6.07, 6.45) is 0.889. The van der Waals surface area contributed by atoms with Gasteiger partial charge in [0.15, 0.2) is 0 Å². The number of hydrogen-bond donors (Lipinski definition) is 1. The number of benzene rings is 1. The van der Waals surface area contributed by atoms with Crippen LogP contribution in [0.2, 0.25) is 0 Å². The van der Waals surface area contributed by atoms with Crippen LogP contribution in [0.4, 0.5) is 4.39 Å². The number of halogens is 1. The number of rotatable bonds is 7. The molecule has 0 aliphatic heterocycles. The first-order chi connectivity index (χ1) is 10.0. The Morgan fingerprint density at radius 2 is 2.10 bits per heavy atom. The number of amides is 1. The van der Waals surface area contributed by atoms with E-state index in [9.17, 15) is 14.0 Å². The molecule has 0 atom stereocenters. The number of ether oxygens (including phenoxy) is 1. The Bertz CT molecular complexity index is 506. The molecule has 0 aromatic heterocycles. The van der Waals surface area contributed by atoms with Crippen molar-refractivity contribution in [3.8, 4) is 0 Å². The molecular formula is C15H21FN2O3. The lowest BCUT2D eigenvalue weighted by molar-refractivity contribution is -0.121. The van der Waals surface area contributed by atoms with Crippen molar-refractivity contribution in [2.75, 3.05) is 27.2 Å². The highest BCUT2D eigenvalue weighted by Gasteiger charge is 2.14. The zero-order valence-electron chi connectivity index (χ0n) is 12.6. The molecular weight excluding hydrogens is 275 g/mol. The number of nitrogens with zero attached hydrogens (tertiary/aromatic N) is 1. The molecule has 0 saturated carbocycles. The monoisotopic (exact) mass is 296 g/mol. The highest BCUT2D eigenvalue weighted by Crippen LogP contribution is 2.13. The zero-order chi connectivity index (χ0) is 15.8. The summed E-state index contributed by atoms with van der Waals surface area (Å²) in [6, 6.07) is 4.38. The van der Waals surface area contributed by atoms with E-state index in [1.165, 1.54) is 19.2 Å². The predicted molar refractivity (Wildman–Crippen MR) is 77.4 cm³/mol. The molecule has 21 heavy (non-hydrogen) atoms. The number of esters is 1. The van der Waals surface area contributed by atoms with E-state index < -0.39 is 11.8 Å². The van der Waals surface area contributed by atoms with E-state index in [0.29, 0.717) is 12.1 Å². The Balaban J connectivity index is 2.82.